The van der Waals surface area contributed by atoms with Crippen LogP contribution in [0.15, 0.2) is 36.4 Å². The van der Waals surface area contributed by atoms with Gasteiger partial charge in [0, 0.05) is 11.6 Å². The molecule has 7 heteroatoms. The van der Waals surface area contributed by atoms with Crippen molar-refractivity contribution in [3.05, 3.63) is 47.8 Å². The Balaban J connectivity index is 2.61. The summed E-state index contributed by atoms with van der Waals surface area (Å²) in [6, 6.07) is 8.43. The van der Waals surface area contributed by atoms with Crippen LogP contribution in [0.4, 0.5) is 17.6 Å². The van der Waals surface area contributed by atoms with Crippen molar-refractivity contribution >= 4 is 0 Å². The molecular formula is C14H7F4NO2. The van der Waals surface area contributed by atoms with E-state index in [4.69, 9.17) is 5.26 Å². The highest BCUT2D eigenvalue weighted by atomic mass is 19.4. The number of rotatable bonds is 2. The summed E-state index contributed by atoms with van der Waals surface area (Å²) < 4.78 is 53.7. The summed E-state index contributed by atoms with van der Waals surface area (Å²) in [6.07, 6.45) is -5.02. The SMILES string of the molecule is N#Cc1cc(OC(F)(F)F)c(O)c(-c2cccc(F)c2)c1. The van der Waals surface area contributed by atoms with Gasteiger partial charge in [-0.2, -0.15) is 5.26 Å². The molecule has 2 rings (SSSR count). The number of phenols is 1. The lowest BCUT2D eigenvalue weighted by Gasteiger charge is -2.13. The molecule has 0 spiro atoms. The third-order valence-corrected chi connectivity index (χ3v) is 2.57. The van der Waals surface area contributed by atoms with Crippen LogP contribution in [0, 0.1) is 17.1 Å². The van der Waals surface area contributed by atoms with Gasteiger partial charge in [-0.15, -0.1) is 13.2 Å². The van der Waals surface area contributed by atoms with Crippen molar-refractivity contribution in [3.8, 4) is 28.7 Å². The highest BCUT2D eigenvalue weighted by molar-refractivity contribution is 5.75. The third kappa shape index (κ3) is 3.42. The van der Waals surface area contributed by atoms with Crippen LogP contribution in [0.5, 0.6) is 11.5 Å². The lowest BCUT2D eigenvalue weighted by Crippen LogP contribution is -2.17. The number of benzene rings is 2. The van der Waals surface area contributed by atoms with Crippen molar-refractivity contribution in [2.75, 3.05) is 0 Å². The fourth-order valence-corrected chi connectivity index (χ4v) is 1.75. The van der Waals surface area contributed by atoms with Gasteiger partial charge in [-0.05, 0) is 23.8 Å². The molecule has 0 aromatic heterocycles. The van der Waals surface area contributed by atoms with E-state index in [1.807, 2.05) is 0 Å². The third-order valence-electron chi connectivity index (χ3n) is 2.57. The van der Waals surface area contributed by atoms with Crippen LogP contribution in [0.2, 0.25) is 0 Å². The van der Waals surface area contributed by atoms with Crippen molar-refractivity contribution in [1.29, 1.82) is 5.26 Å². The number of ether oxygens (including phenoxy) is 1. The van der Waals surface area contributed by atoms with E-state index in [-0.39, 0.29) is 16.7 Å². The topological polar surface area (TPSA) is 53.2 Å². The van der Waals surface area contributed by atoms with Gasteiger partial charge >= 0.3 is 6.36 Å². The maximum Gasteiger partial charge on any atom is 0.573 e. The van der Waals surface area contributed by atoms with Crippen LogP contribution >= 0.6 is 0 Å². The summed E-state index contributed by atoms with van der Waals surface area (Å²) >= 11 is 0. The van der Waals surface area contributed by atoms with Gasteiger partial charge in [-0.25, -0.2) is 4.39 Å². The monoisotopic (exact) mass is 297 g/mol. The molecule has 0 aliphatic rings. The molecule has 0 saturated heterocycles. The first-order valence-corrected chi connectivity index (χ1v) is 5.59. The van der Waals surface area contributed by atoms with Crippen molar-refractivity contribution in [3.63, 3.8) is 0 Å². The fraction of sp³-hybridized carbons (Fsp3) is 0.0714. The molecule has 21 heavy (non-hydrogen) atoms. The van der Waals surface area contributed by atoms with Crippen LogP contribution in [-0.4, -0.2) is 11.5 Å². The van der Waals surface area contributed by atoms with Crippen molar-refractivity contribution in [2.45, 2.75) is 6.36 Å². The van der Waals surface area contributed by atoms with Gasteiger partial charge in [0.05, 0.1) is 11.6 Å². The van der Waals surface area contributed by atoms with Crippen LogP contribution in [-0.2, 0) is 0 Å². The first-order chi connectivity index (χ1) is 9.80. The number of phenolic OH excluding ortho intramolecular Hbond substituents is 1. The molecule has 0 unspecified atom stereocenters. The molecule has 0 radical (unpaired) electrons. The van der Waals surface area contributed by atoms with Gasteiger partial charge in [-0.3, -0.25) is 0 Å². The van der Waals surface area contributed by atoms with E-state index in [2.05, 4.69) is 4.74 Å². The molecule has 1 N–H and O–H groups in total. The van der Waals surface area contributed by atoms with Crippen molar-refractivity contribution in [1.82, 2.24) is 0 Å². The molecule has 2 aromatic rings. The number of nitriles is 1. The molecule has 0 amide bonds. The van der Waals surface area contributed by atoms with Crippen molar-refractivity contribution < 1.29 is 27.4 Å². The average Bonchev–Trinajstić information content (AvgIpc) is 2.39. The Hall–Kier alpha value is -2.75. The van der Waals surface area contributed by atoms with Crippen LogP contribution in [0.25, 0.3) is 11.1 Å². The number of hydrogen-bond acceptors (Lipinski definition) is 3. The number of aromatic hydroxyl groups is 1. The largest absolute Gasteiger partial charge is 0.573 e. The Morgan fingerprint density at radius 1 is 1.14 bits per heavy atom. The molecule has 0 fully saturated rings. The van der Waals surface area contributed by atoms with E-state index in [1.54, 1.807) is 6.07 Å². The second kappa shape index (κ2) is 5.32. The van der Waals surface area contributed by atoms with E-state index in [9.17, 15) is 22.7 Å². The Labute approximate surface area is 116 Å². The van der Waals surface area contributed by atoms with E-state index < -0.39 is 23.7 Å². The number of alkyl halides is 3. The smallest absolute Gasteiger partial charge is 0.504 e. The zero-order chi connectivity index (χ0) is 15.6. The summed E-state index contributed by atoms with van der Waals surface area (Å²) in [5.41, 5.74) is -0.171. The van der Waals surface area contributed by atoms with Crippen LogP contribution in [0.3, 0.4) is 0 Å². The molecular weight excluding hydrogens is 290 g/mol. The second-order valence-electron chi connectivity index (χ2n) is 4.04. The Bertz CT molecular complexity index is 720. The minimum atomic E-state index is -5.02. The number of nitrogens with zero attached hydrogens (tertiary/aromatic N) is 1. The number of halogens is 4. The second-order valence-corrected chi connectivity index (χ2v) is 4.04. The molecule has 0 atom stereocenters. The van der Waals surface area contributed by atoms with E-state index in [0.29, 0.717) is 0 Å². The summed E-state index contributed by atoms with van der Waals surface area (Å²) in [4.78, 5) is 0. The molecule has 0 bridgehead atoms. The minimum Gasteiger partial charge on any atom is -0.504 e. The summed E-state index contributed by atoms with van der Waals surface area (Å²) in [5, 5.41) is 18.7. The van der Waals surface area contributed by atoms with Crippen molar-refractivity contribution in [2.24, 2.45) is 0 Å². The predicted molar refractivity (Wildman–Crippen MR) is 64.9 cm³/mol. The van der Waals surface area contributed by atoms with E-state index >= 15 is 0 Å². The van der Waals surface area contributed by atoms with Gasteiger partial charge in [0.2, 0.25) is 0 Å². The molecule has 2 aromatic carbocycles. The standard InChI is InChI=1S/C14H7F4NO2/c15-10-3-1-2-9(6-10)11-4-8(7-19)5-12(13(11)20)21-14(16,17)18/h1-6,20H. The van der Waals surface area contributed by atoms with Gasteiger partial charge in [0.15, 0.2) is 11.5 Å². The Morgan fingerprint density at radius 3 is 2.43 bits per heavy atom. The number of hydrogen-bond donors (Lipinski definition) is 1. The maximum atomic E-state index is 13.2. The minimum absolute atomic E-state index is 0.122. The molecule has 0 saturated carbocycles. The van der Waals surface area contributed by atoms with E-state index in [0.717, 1.165) is 24.3 Å². The fourth-order valence-electron chi connectivity index (χ4n) is 1.75. The molecule has 0 aliphatic heterocycles. The maximum absolute atomic E-state index is 13.2. The molecule has 108 valence electrons. The molecule has 0 aliphatic carbocycles. The lowest BCUT2D eigenvalue weighted by atomic mass is 10.0. The Kier molecular flexibility index (Phi) is 3.72. The van der Waals surface area contributed by atoms with Gasteiger partial charge in [0.25, 0.3) is 0 Å². The first kappa shape index (κ1) is 14.7. The van der Waals surface area contributed by atoms with Gasteiger partial charge < -0.3 is 9.84 Å². The first-order valence-electron chi connectivity index (χ1n) is 5.59. The molecule has 0 heterocycles. The normalized spacial score (nSPS) is 11.0. The summed E-state index contributed by atoms with van der Waals surface area (Å²) in [6.45, 7) is 0. The predicted octanol–water partition coefficient (Wildman–Crippen LogP) is 3.97. The highest BCUT2D eigenvalue weighted by Crippen LogP contribution is 2.40. The summed E-state index contributed by atoms with van der Waals surface area (Å²) in [5.74, 6) is -2.37. The molecule has 3 nitrogen and oxygen atoms in total. The van der Waals surface area contributed by atoms with Crippen LogP contribution < -0.4 is 4.74 Å². The highest BCUT2D eigenvalue weighted by Gasteiger charge is 2.33. The van der Waals surface area contributed by atoms with Gasteiger partial charge in [0.1, 0.15) is 5.82 Å². The zero-order valence-electron chi connectivity index (χ0n) is 10.3. The van der Waals surface area contributed by atoms with Gasteiger partial charge in [-0.1, -0.05) is 12.1 Å². The lowest BCUT2D eigenvalue weighted by molar-refractivity contribution is -0.275. The quantitative estimate of drug-likeness (QED) is 0.853. The van der Waals surface area contributed by atoms with E-state index in [1.165, 1.54) is 12.1 Å². The zero-order valence-corrected chi connectivity index (χ0v) is 10.3. The van der Waals surface area contributed by atoms with Crippen LogP contribution in [0.1, 0.15) is 5.56 Å². The Morgan fingerprint density at radius 2 is 1.86 bits per heavy atom. The average molecular weight is 297 g/mol. The summed E-state index contributed by atoms with van der Waals surface area (Å²) in [7, 11) is 0.